The predicted octanol–water partition coefficient (Wildman–Crippen LogP) is 1.68. The molecule has 2 rings (SSSR count). The zero-order valence-electron chi connectivity index (χ0n) is 7.82. The highest BCUT2D eigenvalue weighted by molar-refractivity contribution is 5.60. The average molecular weight is 176 g/mol. The van der Waals surface area contributed by atoms with Crippen LogP contribution in [0.5, 0.6) is 0 Å². The Bertz CT molecular complexity index is 263. The van der Waals surface area contributed by atoms with E-state index in [9.17, 15) is 0 Å². The maximum absolute atomic E-state index is 6.02. The van der Waals surface area contributed by atoms with Gasteiger partial charge in [0.1, 0.15) is 0 Å². The molecule has 0 fully saturated rings. The van der Waals surface area contributed by atoms with Gasteiger partial charge >= 0.3 is 0 Å². The summed E-state index contributed by atoms with van der Waals surface area (Å²) in [5.41, 5.74) is 7.44. The van der Waals surface area contributed by atoms with Gasteiger partial charge in [-0.2, -0.15) is 0 Å². The molecule has 2 unspecified atom stereocenters. The fourth-order valence-electron chi connectivity index (χ4n) is 1.98. The van der Waals surface area contributed by atoms with Crippen LogP contribution < -0.4 is 5.73 Å². The first-order chi connectivity index (χ1) is 6.38. The van der Waals surface area contributed by atoms with Crippen molar-refractivity contribution in [2.75, 3.05) is 6.54 Å². The number of aliphatic imine (C=N–C) groups is 1. The number of nitrogens with two attached hydrogens (primary N) is 1. The van der Waals surface area contributed by atoms with E-state index in [0.29, 0.717) is 5.92 Å². The van der Waals surface area contributed by atoms with E-state index < -0.39 is 0 Å². The van der Waals surface area contributed by atoms with E-state index in [-0.39, 0.29) is 6.04 Å². The molecule has 0 bridgehead atoms. The molecule has 2 nitrogen and oxygen atoms in total. The van der Waals surface area contributed by atoms with Crippen molar-refractivity contribution in [3.63, 3.8) is 0 Å². The van der Waals surface area contributed by atoms with Crippen molar-refractivity contribution in [3.8, 4) is 0 Å². The van der Waals surface area contributed by atoms with Crippen molar-refractivity contribution < 1.29 is 0 Å². The minimum absolute atomic E-state index is 0.221. The molecule has 0 aromatic rings. The van der Waals surface area contributed by atoms with E-state index >= 15 is 0 Å². The van der Waals surface area contributed by atoms with Gasteiger partial charge < -0.3 is 5.73 Å². The Morgan fingerprint density at radius 2 is 2.31 bits per heavy atom. The lowest BCUT2D eigenvalue weighted by Crippen LogP contribution is -2.36. The lowest BCUT2D eigenvalue weighted by molar-refractivity contribution is 0.491. The van der Waals surface area contributed by atoms with Crippen molar-refractivity contribution in [1.82, 2.24) is 0 Å². The topological polar surface area (TPSA) is 38.4 Å². The first kappa shape index (κ1) is 8.70. The van der Waals surface area contributed by atoms with E-state index in [1.54, 1.807) is 0 Å². The first-order valence-electron chi connectivity index (χ1n) is 4.98. The molecule has 0 aromatic carbocycles. The zero-order chi connectivity index (χ0) is 9.10. The molecule has 13 heavy (non-hydrogen) atoms. The van der Waals surface area contributed by atoms with Crippen molar-refractivity contribution in [3.05, 3.63) is 23.8 Å². The van der Waals surface area contributed by atoms with Crippen molar-refractivity contribution >= 4 is 6.21 Å². The van der Waals surface area contributed by atoms with Crippen LogP contribution in [0, 0.1) is 5.92 Å². The number of nitrogens with zero attached hydrogens (tertiary/aromatic N) is 1. The summed E-state index contributed by atoms with van der Waals surface area (Å²) in [6.45, 7) is 0.788. The molecule has 2 N–H and O–H groups in total. The molecule has 0 amide bonds. The smallest absolute Gasteiger partial charge is 0.0543 e. The average Bonchev–Trinajstić information content (AvgIpc) is 2.20. The standard InChI is InChI=1S/C11H16N2/c12-11-8-13-7-6-10(11)9-4-2-1-3-5-9/h2,4-5,7,10-11H,1,3,6,8,12H2. The van der Waals surface area contributed by atoms with Gasteiger partial charge in [0.2, 0.25) is 0 Å². The van der Waals surface area contributed by atoms with Crippen LogP contribution in [-0.4, -0.2) is 18.8 Å². The fourth-order valence-corrected chi connectivity index (χ4v) is 1.98. The highest BCUT2D eigenvalue weighted by Gasteiger charge is 2.22. The molecule has 2 heteroatoms. The molecule has 0 spiro atoms. The molecule has 70 valence electrons. The Hall–Kier alpha value is -0.890. The lowest BCUT2D eigenvalue weighted by Gasteiger charge is -2.26. The second-order valence-electron chi connectivity index (χ2n) is 3.74. The Balaban J connectivity index is 2.10. The minimum atomic E-state index is 0.221. The SMILES string of the molecule is NC1CN=CCC1C1=CCCC=C1. The maximum atomic E-state index is 6.02. The molecule has 1 heterocycles. The number of hydrogen-bond acceptors (Lipinski definition) is 2. The summed E-state index contributed by atoms with van der Waals surface area (Å²) >= 11 is 0. The van der Waals surface area contributed by atoms with Crippen LogP contribution in [0.3, 0.4) is 0 Å². The molecular formula is C11H16N2. The van der Waals surface area contributed by atoms with Gasteiger partial charge in [0, 0.05) is 12.0 Å². The van der Waals surface area contributed by atoms with Crippen LogP contribution in [0.1, 0.15) is 19.3 Å². The molecule has 1 aliphatic carbocycles. The van der Waals surface area contributed by atoms with Crippen molar-refractivity contribution in [2.45, 2.75) is 25.3 Å². The lowest BCUT2D eigenvalue weighted by atomic mass is 9.85. The molecular weight excluding hydrogens is 160 g/mol. The van der Waals surface area contributed by atoms with E-state index in [2.05, 4.69) is 23.2 Å². The summed E-state index contributed by atoms with van der Waals surface area (Å²) in [5.74, 6) is 0.508. The van der Waals surface area contributed by atoms with Gasteiger partial charge in [-0.3, -0.25) is 4.99 Å². The minimum Gasteiger partial charge on any atom is -0.326 e. The largest absolute Gasteiger partial charge is 0.326 e. The third-order valence-electron chi connectivity index (χ3n) is 2.77. The molecule has 2 aliphatic rings. The van der Waals surface area contributed by atoms with Gasteiger partial charge in [-0.15, -0.1) is 0 Å². The predicted molar refractivity (Wildman–Crippen MR) is 55.9 cm³/mol. The van der Waals surface area contributed by atoms with Crippen molar-refractivity contribution in [1.29, 1.82) is 0 Å². The summed E-state index contributed by atoms with van der Waals surface area (Å²) in [7, 11) is 0. The summed E-state index contributed by atoms with van der Waals surface area (Å²) in [4.78, 5) is 4.20. The summed E-state index contributed by atoms with van der Waals surface area (Å²) in [5, 5.41) is 0. The molecule has 0 radical (unpaired) electrons. The Morgan fingerprint density at radius 1 is 1.38 bits per heavy atom. The quantitative estimate of drug-likeness (QED) is 0.648. The third-order valence-corrected chi connectivity index (χ3v) is 2.77. The zero-order valence-corrected chi connectivity index (χ0v) is 7.82. The van der Waals surface area contributed by atoms with E-state index in [0.717, 1.165) is 13.0 Å². The number of allylic oxidation sites excluding steroid dienone is 3. The normalized spacial score (nSPS) is 33.2. The van der Waals surface area contributed by atoms with Crippen LogP contribution in [0.4, 0.5) is 0 Å². The highest BCUT2D eigenvalue weighted by Crippen LogP contribution is 2.25. The first-order valence-corrected chi connectivity index (χ1v) is 4.98. The van der Waals surface area contributed by atoms with Crippen LogP contribution in [0.25, 0.3) is 0 Å². The molecule has 0 aromatic heterocycles. The fraction of sp³-hybridized carbons (Fsp3) is 0.545. The Morgan fingerprint density at radius 3 is 3.00 bits per heavy atom. The van der Waals surface area contributed by atoms with E-state index in [1.807, 2.05) is 6.21 Å². The van der Waals surface area contributed by atoms with Crippen LogP contribution >= 0.6 is 0 Å². The van der Waals surface area contributed by atoms with Gasteiger partial charge in [0.05, 0.1) is 6.54 Å². The van der Waals surface area contributed by atoms with Gasteiger partial charge in [-0.1, -0.05) is 18.2 Å². The summed E-state index contributed by atoms with van der Waals surface area (Å²) in [6.07, 6.45) is 12.2. The molecule has 0 saturated heterocycles. The maximum Gasteiger partial charge on any atom is 0.0543 e. The van der Waals surface area contributed by atoms with Gasteiger partial charge in [0.25, 0.3) is 0 Å². The van der Waals surface area contributed by atoms with Gasteiger partial charge in [0.15, 0.2) is 0 Å². The van der Waals surface area contributed by atoms with E-state index in [1.165, 1.54) is 18.4 Å². The highest BCUT2D eigenvalue weighted by atomic mass is 14.8. The number of hydrogen-bond donors (Lipinski definition) is 1. The second kappa shape index (κ2) is 3.88. The summed E-state index contributed by atoms with van der Waals surface area (Å²) in [6, 6.07) is 0.221. The van der Waals surface area contributed by atoms with Crippen LogP contribution in [-0.2, 0) is 0 Å². The second-order valence-corrected chi connectivity index (χ2v) is 3.74. The Kier molecular flexibility index (Phi) is 2.60. The van der Waals surface area contributed by atoms with Crippen molar-refractivity contribution in [2.24, 2.45) is 16.6 Å². The summed E-state index contributed by atoms with van der Waals surface area (Å²) < 4.78 is 0. The molecule has 1 aliphatic heterocycles. The monoisotopic (exact) mass is 176 g/mol. The van der Waals surface area contributed by atoms with Gasteiger partial charge in [-0.25, -0.2) is 0 Å². The van der Waals surface area contributed by atoms with Crippen LogP contribution in [0.2, 0.25) is 0 Å². The molecule has 0 saturated carbocycles. The van der Waals surface area contributed by atoms with E-state index in [4.69, 9.17) is 5.73 Å². The Labute approximate surface area is 79.2 Å². The number of rotatable bonds is 1. The third kappa shape index (κ3) is 1.89. The molecule has 2 atom stereocenters. The van der Waals surface area contributed by atoms with Crippen LogP contribution in [0.15, 0.2) is 28.8 Å². The van der Waals surface area contributed by atoms with Gasteiger partial charge in [-0.05, 0) is 31.1 Å².